The van der Waals surface area contributed by atoms with Gasteiger partial charge < -0.3 is 19.8 Å². The van der Waals surface area contributed by atoms with Gasteiger partial charge in [-0.1, -0.05) is 36.0 Å². The van der Waals surface area contributed by atoms with Crippen molar-refractivity contribution in [1.82, 2.24) is 15.5 Å². The number of nitrogens with zero attached hydrogens (tertiary/aromatic N) is 3. The van der Waals surface area contributed by atoms with Gasteiger partial charge in [-0.2, -0.15) is 4.99 Å². The first-order chi connectivity index (χ1) is 18.5. The lowest BCUT2D eigenvalue weighted by molar-refractivity contribution is -0.126. The highest BCUT2D eigenvalue weighted by Crippen LogP contribution is 2.34. The molecule has 1 aromatic heterocycles. The molecule has 11 heteroatoms. The van der Waals surface area contributed by atoms with Crippen LogP contribution in [-0.4, -0.2) is 52.5 Å². The lowest BCUT2D eigenvalue weighted by atomic mass is 10.1. The Labute approximate surface area is 223 Å². The third-order valence-electron chi connectivity index (χ3n) is 6.01. The molecule has 0 aliphatic carbocycles. The zero-order valence-corrected chi connectivity index (χ0v) is 21.4. The Bertz CT molecular complexity index is 1400. The van der Waals surface area contributed by atoms with E-state index in [4.69, 9.17) is 14.1 Å². The van der Waals surface area contributed by atoms with Gasteiger partial charge in [-0.15, -0.1) is 0 Å². The second-order valence-corrected chi connectivity index (χ2v) is 9.49. The quantitative estimate of drug-likeness (QED) is 0.435. The van der Waals surface area contributed by atoms with Gasteiger partial charge in [0, 0.05) is 12.1 Å². The number of carbonyl (C=O) groups is 3. The van der Waals surface area contributed by atoms with Crippen molar-refractivity contribution in [3.8, 4) is 5.75 Å². The fourth-order valence-electron chi connectivity index (χ4n) is 4.07. The van der Waals surface area contributed by atoms with Crippen LogP contribution in [0.3, 0.4) is 0 Å². The lowest BCUT2D eigenvalue weighted by Crippen LogP contribution is -2.46. The number of hydrogen-bond donors (Lipinski definition) is 2. The molecule has 10 nitrogen and oxygen atoms in total. The van der Waals surface area contributed by atoms with Gasteiger partial charge in [0.1, 0.15) is 23.4 Å². The molecule has 38 heavy (non-hydrogen) atoms. The van der Waals surface area contributed by atoms with Crippen LogP contribution in [0.15, 0.2) is 81.3 Å². The van der Waals surface area contributed by atoms with Crippen molar-refractivity contribution >= 4 is 46.2 Å². The first-order valence-electron chi connectivity index (χ1n) is 11.9. The van der Waals surface area contributed by atoms with Gasteiger partial charge in [-0.25, -0.2) is 4.99 Å². The Morgan fingerprint density at radius 1 is 1.00 bits per heavy atom. The van der Waals surface area contributed by atoms with Crippen molar-refractivity contribution in [3.05, 3.63) is 83.8 Å². The molecule has 0 bridgehead atoms. The van der Waals surface area contributed by atoms with Crippen LogP contribution in [0, 0.1) is 0 Å². The van der Waals surface area contributed by atoms with Crippen molar-refractivity contribution in [1.29, 1.82) is 0 Å². The van der Waals surface area contributed by atoms with E-state index in [0.29, 0.717) is 34.6 Å². The summed E-state index contributed by atoms with van der Waals surface area (Å²) in [5.74, 6) is 0.939. The highest BCUT2D eigenvalue weighted by Gasteiger charge is 2.42. The number of benzene rings is 2. The smallest absolute Gasteiger partial charge is 0.271 e. The van der Waals surface area contributed by atoms with Crippen molar-refractivity contribution < 1.29 is 23.5 Å². The summed E-state index contributed by atoms with van der Waals surface area (Å²) in [5, 5.41) is 6.10. The van der Waals surface area contributed by atoms with E-state index in [9.17, 15) is 14.4 Å². The number of amidine groups is 2. The van der Waals surface area contributed by atoms with Crippen LogP contribution < -0.4 is 15.4 Å². The molecule has 2 aliphatic rings. The number of ether oxygens (including phenoxy) is 1. The summed E-state index contributed by atoms with van der Waals surface area (Å²) in [5.41, 5.74) is 2.26. The molecule has 2 N–H and O–H groups in total. The van der Waals surface area contributed by atoms with Gasteiger partial charge in [0.25, 0.3) is 5.91 Å². The standard InChI is InChI=1S/C27H25N5O5S/c1-36-18-10-8-17(9-11-18)14-28-23(33)13-22-26(35)31-25-20-6-2-3-7-21(20)30-27(32(22)25)38-16-24(34)29-15-19-5-4-12-37-19/h2-12,22H,13-16H2,1H3,(H,28,33)(H,29,34). The Morgan fingerprint density at radius 3 is 2.55 bits per heavy atom. The topological polar surface area (TPSA) is 126 Å². The number of nitrogens with one attached hydrogen (secondary N) is 2. The summed E-state index contributed by atoms with van der Waals surface area (Å²) in [6.07, 6.45) is 1.44. The normalized spacial score (nSPS) is 15.8. The van der Waals surface area contributed by atoms with E-state index in [0.717, 1.165) is 11.3 Å². The van der Waals surface area contributed by atoms with Crippen LogP contribution in [0.5, 0.6) is 5.75 Å². The Balaban J connectivity index is 1.27. The largest absolute Gasteiger partial charge is 0.497 e. The van der Waals surface area contributed by atoms with Gasteiger partial charge in [-0.05, 0) is 42.0 Å². The molecular formula is C27H25N5O5S. The minimum atomic E-state index is -0.855. The van der Waals surface area contributed by atoms with Gasteiger partial charge in [-0.3, -0.25) is 19.3 Å². The van der Waals surface area contributed by atoms with Crippen LogP contribution in [0.25, 0.3) is 0 Å². The van der Waals surface area contributed by atoms with E-state index >= 15 is 0 Å². The lowest BCUT2D eigenvalue weighted by Gasteiger charge is -2.30. The second kappa shape index (κ2) is 11.3. The van der Waals surface area contributed by atoms with Crippen LogP contribution in [0.2, 0.25) is 0 Å². The third-order valence-corrected chi connectivity index (χ3v) is 6.96. The predicted octanol–water partition coefficient (Wildman–Crippen LogP) is 3.00. The van der Waals surface area contributed by atoms with E-state index in [1.807, 2.05) is 48.5 Å². The predicted molar refractivity (Wildman–Crippen MR) is 143 cm³/mol. The van der Waals surface area contributed by atoms with Crippen molar-refractivity contribution in [3.63, 3.8) is 0 Å². The number of thioether (sulfide) groups is 1. The molecule has 3 aromatic rings. The first-order valence-corrected chi connectivity index (χ1v) is 12.9. The molecule has 2 aromatic carbocycles. The Morgan fingerprint density at radius 2 is 1.79 bits per heavy atom. The molecule has 0 spiro atoms. The fraction of sp³-hybridized carbons (Fsp3) is 0.222. The molecular weight excluding hydrogens is 506 g/mol. The maximum atomic E-state index is 13.0. The van der Waals surface area contributed by atoms with Crippen LogP contribution >= 0.6 is 11.8 Å². The molecule has 5 rings (SSSR count). The van der Waals surface area contributed by atoms with Crippen LogP contribution in [0.1, 0.15) is 23.3 Å². The minimum Gasteiger partial charge on any atom is -0.497 e. The summed E-state index contributed by atoms with van der Waals surface area (Å²) in [7, 11) is 1.59. The highest BCUT2D eigenvalue weighted by molar-refractivity contribution is 8.14. The number of para-hydroxylation sites is 1. The maximum absolute atomic E-state index is 13.0. The zero-order valence-electron chi connectivity index (χ0n) is 20.5. The molecule has 0 fully saturated rings. The SMILES string of the molecule is COc1ccc(CNC(=O)CC2C(=O)N=C3c4ccccc4N=C(SCC(=O)NCc4ccco4)N32)cc1. The number of rotatable bonds is 9. The third kappa shape index (κ3) is 5.62. The summed E-state index contributed by atoms with van der Waals surface area (Å²) < 4.78 is 10.4. The summed E-state index contributed by atoms with van der Waals surface area (Å²) in [6, 6.07) is 17.4. The number of hydrogen-bond acceptors (Lipinski definition) is 8. The molecule has 1 atom stereocenters. The Kier molecular flexibility index (Phi) is 7.55. The summed E-state index contributed by atoms with van der Waals surface area (Å²) in [6.45, 7) is 0.583. The Hall–Kier alpha value is -4.38. The monoisotopic (exact) mass is 531 g/mol. The number of methoxy groups -OCH3 is 1. The van der Waals surface area contributed by atoms with Crippen molar-refractivity contribution in [2.75, 3.05) is 12.9 Å². The van der Waals surface area contributed by atoms with E-state index < -0.39 is 11.9 Å². The number of furan rings is 1. The molecule has 3 heterocycles. The second-order valence-electron chi connectivity index (χ2n) is 8.54. The van der Waals surface area contributed by atoms with E-state index in [2.05, 4.69) is 15.6 Å². The van der Waals surface area contributed by atoms with Crippen LogP contribution in [0.4, 0.5) is 5.69 Å². The van der Waals surface area contributed by atoms with E-state index in [-0.39, 0.29) is 30.5 Å². The highest BCUT2D eigenvalue weighted by atomic mass is 32.2. The van der Waals surface area contributed by atoms with Gasteiger partial charge in [0.2, 0.25) is 11.8 Å². The summed E-state index contributed by atoms with van der Waals surface area (Å²) in [4.78, 5) is 48.9. The number of aliphatic imine (C=N–C) groups is 2. The maximum Gasteiger partial charge on any atom is 0.271 e. The number of carbonyl (C=O) groups excluding carboxylic acids is 3. The molecule has 194 valence electrons. The number of amides is 3. The molecule has 3 amide bonds. The van der Waals surface area contributed by atoms with Gasteiger partial charge in [0.05, 0.1) is 37.8 Å². The van der Waals surface area contributed by atoms with E-state index in [1.54, 1.807) is 30.4 Å². The van der Waals surface area contributed by atoms with Crippen molar-refractivity contribution in [2.24, 2.45) is 9.98 Å². The van der Waals surface area contributed by atoms with E-state index in [1.165, 1.54) is 11.8 Å². The molecule has 0 saturated carbocycles. The minimum absolute atomic E-state index is 0.0655. The zero-order chi connectivity index (χ0) is 26.5. The summed E-state index contributed by atoms with van der Waals surface area (Å²) >= 11 is 1.19. The fourth-order valence-corrected chi connectivity index (χ4v) is 4.95. The molecule has 0 saturated heterocycles. The van der Waals surface area contributed by atoms with Gasteiger partial charge in [0.15, 0.2) is 5.17 Å². The first kappa shape index (κ1) is 25.3. The molecule has 2 aliphatic heterocycles. The number of fused-ring (bicyclic) bond motifs is 3. The molecule has 1 unspecified atom stereocenters. The van der Waals surface area contributed by atoms with Crippen LogP contribution in [-0.2, 0) is 27.5 Å². The molecule has 0 radical (unpaired) electrons. The average Bonchev–Trinajstić information content (AvgIpc) is 3.58. The average molecular weight is 532 g/mol. The van der Waals surface area contributed by atoms with Gasteiger partial charge >= 0.3 is 0 Å². The van der Waals surface area contributed by atoms with Crippen molar-refractivity contribution in [2.45, 2.75) is 25.6 Å².